The highest BCUT2D eigenvalue weighted by Crippen LogP contribution is 2.18. The van der Waals surface area contributed by atoms with Crippen molar-refractivity contribution in [1.29, 1.82) is 0 Å². The average molecular weight is 1090 g/mol. The van der Waals surface area contributed by atoms with Gasteiger partial charge in [0.05, 0.1) is 18.8 Å². The molecule has 0 aromatic rings. The van der Waals surface area contributed by atoms with Crippen LogP contribution in [-0.4, -0.2) is 34.9 Å². The zero-order chi connectivity index (χ0) is 56.9. The Bertz CT molecular complexity index is 1570. The van der Waals surface area contributed by atoms with Crippen LogP contribution in [0.3, 0.4) is 0 Å². The lowest BCUT2D eigenvalue weighted by molar-refractivity contribution is -0.123. The first kappa shape index (κ1) is 75.5. The van der Waals surface area contributed by atoms with Gasteiger partial charge in [-0.15, -0.1) is 0 Å². The van der Waals surface area contributed by atoms with Crippen LogP contribution in [0, 0.1) is 0 Å². The zero-order valence-corrected chi connectivity index (χ0v) is 52.1. The van der Waals surface area contributed by atoms with Crippen LogP contribution in [0.1, 0.15) is 316 Å². The third kappa shape index (κ3) is 65.2. The molecule has 0 fully saturated rings. The Labute approximate surface area is 491 Å². The van der Waals surface area contributed by atoms with E-state index in [1.54, 1.807) is 0 Å². The van der Waals surface area contributed by atoms with E-state index in [-0.39, 0.29) is 12.5 Å². The Morgan fingerprint density at radius 2 is 0.557 bits per heavy atom. The molecule has 4 heteroatoms. The maximum atomic E-state index is 12.5. The number of amides is 1. The van der Waals surface area contributed by atoms with E-state index < -0.39 is 12.1 Å². The molecule has 4 nitrogen and oxygen atoms in total. The third-order valence-electron chi connectivity index (χ3n) is 14.9. The zero-order valence-electron chi connectivity index (χ0n) is 52.1. The fourth-order valence-electron chi connectivity index (χ4n) is 9.84. The predicted molar refractivity (Wildman–Crippen MR) is 354 cm³/mol. The van der Waals surface area contributed by atoms with Gasteiger partial charge < -0.3 is 15.5 Å². The molecule has 0 aromatic heterocycles. The lowest BCUT2D eigenvalue weighted by Crippen LogP contribution is -2.45. The standard InChI is InChI=1S/C75H129NO3/c1-3-5-7-9-11-13-15-17-19-21-23-25-27-29-31-33-34-35-36-37-38-39-40-41-42-43-45-47-49-51-53-55-57-59-61-63-65-67-69-71-75(79)76-73(72-77)74(78)70-68-66-64-62-60-58-56-54-52-50-48-46-44-32-30-28-26-24-22-20-18-16-14-12-10-8-6-4-2/h5,7,11,13,17,19,23,25,29,31,34-35,37-38,40-41,43,45,49,51,55,57,73-74,77-78H,3-4,6,8-10,12,14-16,18,20-22,24,26-28,30,32-33,36,39,42,44,46-48,50,52-54,56,58-72H2,1-2H3,(H,76,79)/b7-5-,13-11-,19-17-,25-23-,31-29-,35-34-,38-37-,41-40-,45-43-,51-49-,57-55-. The third-order valence-corrected chi connectivity index (χ3v) is 14.9. The van der Waals surface area contributed by atoms with Gasteiger partial charge in [0.25, 0.3) is 0 Å². The number of hydrogen-bond donors (Lipinski definition) is 3. The number of allylic oxidation sites excluding steroid dienone is 22. The molecule has 0 saturated heterocycles. The molecule has 452 valence electrons. The summed E-state index contributed by atoms with van der Waals surface area (Å²) in [5, 5.41) is 23.4. The molecule has 79 heavy (non-hydrogen) atoms. The number of aliphatic hydroxyl groups excluding tert-OH is 2. The average Bonchev–Trinajstić information content (AvgIpc) is 3.45. The Morgan fingerprint density at radius 1 is 0.316 bits per heavy atom. The van der Waals surface area contributed by atoms with E-state index in [0.717, 1.165) is 109 Å². The molecule has 3 N–H and O–H groups in total. The van der Waals surface area contributed by atoms with Crippen LogP contribution in [0.4, 0.5) is 0 Å². The van der Waals surface area contributed by atoms with Gasteiger partial charge in [0.2, 0.25) is 5.91 Å². The first-order valence-electron chi connectivity index (χ1n) is 33.9. The highest BCUT2D eigenvalue weighted by Gasteiger charge is 2.20. The largest absolute Gasteiger partial charge is 0.394 e. The molecule has 0 spiro atoms. The fourth-order valence-corrected chi connectivity index (χ4v) is 9.84. The molecule has 0 saturated carbocycles. The highest BCUT2D eigenvalue weighted by atomic mass is 16.3. The summed E-state index contributed by atoms with van der Waals surface area (Å²) in [7, 11) is 0. The summed E-state index contributed by atoms with van der Waals surface area (Å²) in [6.45, 7) is 4.26. The van der Waals surface area contributed by atoms with E-state index in [4.69, 9.17) is 0 Å². The molecule has 0 aliphatic carbocycles. The number of hydrogen-bond acceptors (Lipinski definition) is 3. The molecule has 0 aliphatic rings. The van der Waals surface area contributed by atoms with Crippen molar-refractivity contribution in [2.45, 2.75) is 328 Å². The predicted octanol–water partition coefficient (Wildman–Crippen LogP) is 23.3. The summed E-state index contributed by atoms with van der Waals surface area (Å²) < 4.78 is 0. The van der Waals surface area contributed by atoms with Crippen molar-refractivity contribution in [2.75, 3.05) is 6.61 Å². The van der Waals surface area contributed by atoms with Crippen LogP contribution in [0.25, 0.3) is 0 Å². The Hall–Kier alpha value is -3.47. The number of nitrogens with one attached hydrogen (secondary N) is 1. The van der Waals surface area contributed by atoms with E-state index in [9.17, 15) is 15.0 Å². The van der Waals surface area contributed by atoms with Crippen LogP contribution in [0.5, 0.6) is 0 Å². The van der Waals surface area contributed by atoms with Crippen LogP contribution < -0.4 is 5.32 Å². The Morgan fingerprint density at radius 3 is 0.835 bits per heavy atom. The maximum absolute atomic E-state index is 12.5. The topological polar surface area (TPSA) is 69.6 Å². The molecule has 0 aromatic carbocycles. The quantitative estimate of drug-likeness (QED) is 0.0420. The Kier molecular flexibility index (Phi) is 65.8. The van der Waals surface area contributed by atoms with Crippen molar-refractivity contribution in [2.24, 2.45) is 0 Å². The summed E-state index contributed by atoms with van der Waals surface area (Å²) >= 11 is 0. The minimum atomic E-state index is -0.679. The van der Waals surface area contributed by atoms with Crippen LogP contribution in [0.15, 0.2) is 134 Å². The molecular weight excluding hydrogens is 963 g/mol. The van der Waals surface area contributed by atoms with Crippen LogP contribution in [-0.2, 0) is 4.79 Å². The van der Waals surface area contributed by atoms with Crippen LogP contribution in [0.2, 0.25) is 0 Å². The first-order chi connectivity index (χ1) is 39.2. The van der Waals surface area contributed by atoms with Gasteiger partial charge in [-0.1, -0.05) is 347 Å². The van der Waals surface area contributed by atoms with Gasteiger partial charge in [-0.05, 0) is 96.3 Å². The van der Waals surface area contributed by atoms with Gasteiger partial charge in [0, 0.05) is 6.42 Å². The molecule has 0 aliphatic heterocycles. The molecule has 0 bridgehead atoms. The van der Waals surface area contributed by atoms with Crippen molar-refractivity contribution in [1.82, 2.24) is 5.32 Å². The van der Waals surface area contributed by atoms with Crippen molar-refractivity contribution in [3.8, 4) is 0 Å². The summed E-state index contributed by atoms with van der Waals surface area (Å²) in [5.41, 5.74) is 0. The molecular formula is C75H129NO3. The van der Waals surface area contributed by atoms with E-state index in [1.165, 1.54) is 180 Å². The second-order valence-electron chi connectivity index (χ2n) is 22.5. The molecule has 2 unspecified atom stereocenters. The lowest BCUT2D eigenvalue weighted by atomic mass is 10.0. The second-order valence-corrected chi connectivity index (χ2v) is 22.5. The van der Waals surface area contributed by atoms with E-state index in [0.29, 0.717) is 12.8 Å². The van der Waals surface area contributed by atoms with Gasteiger partial charge >= 0.3 is 0 Å². The van der Waals surface area contributed by atoms with Crippen molar-refractivity contribution in [3.05, 3.63) is 134 Å². The van der Waals surface area contributed by atoms with Crippen molar-refractivity contribution >= 4 is 5.91 Å². The maximum Gasteiger partial charge on any atom is 0.220 e. The SMILES string of the molecule is CC/C=C\C/C=C\C/C=C\C/C=C\C/C=C\C/C=C\C/C=C\C/C=C\C/C=C\C/C=C\C/C=C\CCCCCCCC(=O)NC(CO)C(O)CCCCCCCCCCCCCCCCCCCCCCCCCCCCCC. The number of carbonyl (C=O) groups excluding carboxylic acids is 1. The van der Waals surface area contributed by atoms with Crippen molar-refractivity contribution < 1.29 is 15.0 Å². The van der Waals surface area contributed by atoms with Gasteiger partial charge in [0.1, 0.15) is 0 Å². The molecule has 0 rings (SSSR count). The van der Waals surface area contributed by atoms with Gasteiger partial charge in [-0.3, -0.25) is 4.79 Å². The van der Waals surface area contributed by atoms with E-state index in [1.807, 2.05) is 0 Å². The summed E-state index contributed by atoms with van der Waals surface area (Å²) in [4.78, 5) is 12.5. The van der Waals surface area contributed by atoms with E-state index in [2.05, 4.69) is 153 Å². The Balaban J connectivity index is 3.59. The smallest absolute Gasteiger partial charge is 0.220 e. The second kappa shape index (κ2) is 68.8. The fraction of sp³-hybridized carbons (Fsp3) is 0.693. The minimum absolute atomic E-state index is 0.0517. The van der Waals surface area contributed by atoms with Crippen LogP contribution >= 0.6 is 0 Å². The summed E-state index contributed by atoms with van der Waals surface area (Å²) in [6.07, 6.45) is 106. The number of aliphatic hydroxyl groups is 2. The summed E-state index contributed by atoms with van der Waals surface area (Å²) in [6, 6.07) is -0.559. The first-order valence-corrected chi connectivity index (χ1v) is 33.9. The molecule has 1 amide bonds. The normalized spacial score (nSPS) is 13.6. The van der Waals surface area contributed by atoms with E-state index >= 15 is 0 Å². The van der Waals surface area contributed by atoms with Gasteiger partial charge in [-0.25, -0.2) is 0 Å². The molecule has 0 radical (unpaired) electrons. The monoisotopic (exact) mass is 1090 g/mol. The highest BCUT2D eigenvalue weighted by molar-refractivity contribution is 5.76. The molecule has 2 atom stereocenters. The minimum Gasteiger partial charge on any atom is -0.394 e. The number of rotatable bonds is 61. The van der Waals surface area contributed by atoms with Gasteiger partial charge in [-0.2, -0.15) is 0 Å². The molecule has 0 heterocycles. The summed E-state index contributed by atoms with van der Waals surface area (Å²) in [5.74, 6) is -0.0517. The lowest BCUT2D eigenvalue weighted by Gasteiger charge is -2.22. The number of unbranched alkanes of at least 4 members (excludes halogenated alkanes) is 32. The van der Waals surface area contributed by atoms with Crippen molar-refractivity contribution in [3.63, 3.8) is 0 Å². The number of carbonyl (C=O) groups is 1. The van der Waals surface area contributed by atoms with Gasteiger partial charge in [0.15, 0.2) is 0 Å².